The van der Waals surface area contributed by atoms with Crippen molar-refractivity contribution in [2.24, 2.45) is 5.92 Å². The van der Waals surface area contributed by atoms with Crippen LogP contribution in [0.15, 0.2) is 47.8 Å². The smallest absolute Gasteiger partial charge is 0.270 e. The summed E-state index contributed by atoms with van der Waals surface area (Å²) < 4.78 is 1.82. The summed E-state index contributed by atoms with van der Waals surface area (Å²) >= 11 is 1.49. The Balaban J connectivity index is 1.33. The van der Waals surface area contributed by atoms with Crippen LogP contribution < -0.4 is 5.32 Å². The third-order valence-corrected chi connectivity index (χ3v) is 6.28. The van der Waals surface area contributed by atoms with Crippen LogP contribution in [0.4, 0.5) is 0 Å². The summed E-state index contributed by atoms with van der Waals surface area (Å²) in [5.41, 5.74) is 2.74. The summed E-state index contributed by atoms with van der Waals surface area (Å²) in [6.07, 6.45) is 7.23. The molecule has 0 unspecified atom stereocenters. The summed E-state index contributed by atoms with van der Waals surface area (Å²) in [5, 5.41) is 3.83. The molecule has 1 saturated heterocycles. The number of aryl methyl sites for hydroxylation is 1. The third-order valence-electron chi connectivity index (χ3n) is 5.57. The SMILES string of the molecule is CSc1ncccc1C(=O)N1CCC(CNC(=O)c2c(C)nc3ccccn23)CC1. The van der Waals surface area contributed by atoms with E-state index in [0.717, 1.165) is 29.2 Å². The first-order valence-electron chi connectivity index (χ1n) is 10.1. The molecular formula is C22H25N5O2S. The number of nitrogens with zero attached hydrogens (tertiary/aromatic N) is 4. The molecule has 0 radical (unpaired) electrons. The maximum absolute atomic E-state index is 12.9. The molecule has 30 heavy (non-hydrogen) atoms. The highest BCUT2D eigenvalue weighted by atomic mass is 32.2. The second kappa shape index (κ2) is 8.87. The van der Waals surface area contributed by atoms with Gasteiger partial charge in [-0.25, -0.2) is 9.97 Å². The molecule has 0 spiro atoms. The number of aromatic nitrogens is 3. The van der Waals surface area contributed by atoms with Gasteiger partial charge in [-0.3, -0.25) is 14.0 Å². The van der Waals surface area contributed by atoms with Gasteiger partial charge in [0.2, 0.25) is 0 Å². The van der Waals surface area contributed by atoms with Crippen LogP contribution in [0.2, 0.25) is 0 Å². The lowest BCUT2D eigenvalue weighted by Crippen LogP contribution is -2.42. The van der Waals surface area contributed by atoms with E-state index in [-0.39, 0.29) is 11.8 Å². The number of fused-ring (bicyclic) bond motifs is 1. The Morgan fingerprint density at radius 1 is 1.20 bits per heavy atom. The van der Waals surface area contributed by atoms with E-state index in [1.54, 1.807) is 12.3 Å². The summed E-state index contributed by atoms with van der Waals surface area (Å²) in [6, 6.07) is 9.33. The molecular weight excluding hydrogens is 398 g/mol. The van der Waals surface area contributed by atoms with Crippen LogP contribution in [0.5, 0.6) is 0 Å². The molecule has 2 amide bonds. The van der Waals surface area contributed by atoms with Gasteiger partial charge >= 0.3 is 0 Å². The average Bonchev–Trinajstić information content (AvgIpc) is 3.13. The minimum Gasteiger partial charge on any atom is -0.350 e. The first-order valence-corrected chi connectivity index (χ1v) is 11.3. The number of pyridine rings is 2. The zero-order chi connectivity index (χ0) is 21.1. The second-order valence-corrected chi connectivity index (χ2v) is 8.28. The highest BCUT2D eigenvalue weighted by Gasteiger charge is 2.26. The third kappa shape index (κ3) is 4.05. The molecule has 8 heteroatoms. The molecule has 1 N–H and O–H groups in total. The van der Waals surface area contributed by atoms with Gasteiger partial charge in [-0.05, 0) is 56.2 Å². The second-order valence-electron chi connectivity index (χ2n) is 7.48. The Labute approximate surface area is 179 Å². The molecule has 1 aliphatic rings. The average molecular weight is 424 g/mol. The van der Waals surface area contributed by atoms with Crippen LogP contribution in [0.1, 0.15) is 39.4 Å². The number of carbonyl (C=O) groups excluding carboxylic acids is 2. The lowest BCUT2D eigenvalue weighted by atomic mass is 9.96. The molecule has 4 heterocycles. The van der Waals surface area contributed by atoms with Crippen molar-refractivity contribution in [1.29, 1.82) is 0 Å². The maximum Gasteiger partial charge on any atom is 0.270 e. The van der Waals surface area contributed by atoms with Crippen molar-refractivity contribution in [1.82, 2.24) is 24.6 Å². The lowest BCUT2D eigenvalue weighted by molar-refractivity contribution is 0.0680. The molecule has 3 aromatic rings. The summed E-state index contributed by atoms with van der Waals surface area (Å²) in [4.78, 5) is 36.3. The molecule has 0 saturated carbocycles. The van der Waals surface area contributed by atoms with E-state index in [1.807, 2.05) is 52.9 Å². The van der Waals surface area contributed by atoms with E-state index in [4.69, 9.17) is 0 Å². The van der Waals surface area contributed by atoms with Crippen LogP contribution in [-0.2, 0) is 0 Å². The molecule has 0 bridgehead atoms. The Bertz CT molecular complexity index is 1070. The van der Waals surface area contributed by atoms with Gasteiger partial charge in [0, 0.05) is 32.0 Å². The van der Waals surface area contributed by atoms with Crippen molar-refractivity contribution >= 4 is 29.2 Å². The van der Waals surface area contributed by atoms with Crippen molar-refractivity contribution in [3.05, 3.63) is 59.7 Å². The number of hydrogen-bond acceptors (Lipinski definition) is 5. The standard InChI is InChI=1S/C22H25N5O2S/c1-15-19(27-11-4-3-7-18(27)25-15)20(28)24-14-16-8-12-26(13-9-16)22(29)17-6-5-10-23-21(17)30-2/h3-7,10-11,16H,8-9,12-14H2,1-2H3,(H,24,28). The number of likely N-dealkylation sites (tertiary alicyclic amines) is 1. The largest absolute Gasteiger partial charge is 0.350 e. The summed E-state index contributed by atoms with van der Waals surface area (Å²) in [7, 11) is 0. The van der Waals surface area contributed by atoms with E-state index >= 15 is 0 Å². The fourth-order valence-electron chi connectivity index (χ4n) is 3.93. The first kappa shape index (κ1) is 20.4. The van der Waals surface area contributed by atoms with Crippen LogP contribution in [0.25, 0.3) is 5.65 Å². The van der Waals surface area contributed by atoms with E-state index in [9.17, 15) is 9.59 Å². The number of imidazole rings is 1. The molecule has 4 rings (SSSR count). The van der Waals surface area contributed by atoms with E-state index < -0.39 is 0 Å². The molecule has 0 atom stereocenters. The predicted molar refractivity (Wildman–Crippen MR) is 117 cm³/mol. The van der Waals surface area contributed by atoms with Gasteiger partial charge in [0.25, 0.3) is 11.8 Å². The van der Waals surface area contributed by atoms with Crippen LogP contribution >= 0.6 is 11.8 Å². The molecule has 1 aliphatic heterocycles. The first-order chi connectivity index (χ1) is 14.6. The number of nitrogens with one attached hydrogen (secondary N) is 1. The van der Waals surface area contributed by atoms with Gasteiger partial charge in [0.05, 0.1) is 11.3 Å². The molecule has 0 aliphatic carbocycles. The number of rotatable bonds is 5. The minimum absolute atomic E-state index is 0.0382. The Kier molecular flexibility index (Phi) is 6.03. The molecule has 3 aromatic heterocycles. The fraction of sp³-hybridized carbons (Fsp3) is 0.364. The molecule has 7 nitrogen and oxygen atoms in total. The van der Waals surface area contributed by atoms with Crippen LogP contribution in [0, 0.1) is 12.8 Å². The van der Waals surface area contributed by atoms with Gasteiger partial charge in [-0.15, -0.1) is 11.8 Å². The predicted octanol–water partition coefficient (Wildman–Crippen LogP) is 3.04. The topological polar surface area (TPSA) is 79.6 Å². The monoisotopic (exact) mass is 423 g/mol. The Hall–Kier alpha value is -2.87. The zero-order valence-electron chi connectivity index (χ0n) is 17.2. The highest BCUT2D eigenvalue weighted by Crippen LogP contribution is 2.23. The molecule has 1 fully saturated rings. The van der Waals surface area contributed by atoms with Gasteiger partial charge in [-0.1, -0.05) is 6.07 Å². The quantitative estimate of drug-likeness (QED) is 0.638. The lowest BCUT2D eigenvalue weighted by Gasteiger charge is -2.32. The molecule has 156 valence electrons. The number of hydrogen-bond donors (Lipinski definition) is 1. The summed E-state index contributed by atoms with van der Waals surface area (Å²) in [6.45, 7) is 3.84. The normalized spacial score (nSPS) is 14.8. The van der Waals surface area contributed by atoms with Crippen molar-refractivity contribution in [2.45, 2.75) is 24.8 Å². The van der Waals surface area contributed by atoms with Crippen molar-refractivity contribution in [3.63, 3.8) is 0 Å². The van der Waals surface area contributed by atoms with Crippen LogP contribution in [-0.4, -0.2) is 57.0 Å². The fourth-order valence-corrected chi connectivity index (χ4v) is 4.48. The van der Waals surface area contributed by atoms with Crippen molar-refractivity contribution < 1.29 is 9.59 Å². The minimum atomic E-state index is -0.107. The summed E-state index contributed by atoms with van der Waals surface area (Å²) in [5.74, 6) is 0.285. The van der Waals surface area contributed by atoms with Gasteiger partial charge in [-0.2, -0.15) is 0 Å². The van der Waals surface area contributed by atoms with Gasteiger partial charge < -0.3 is 10.2 Å². The van der Waals surface area contributed by atoms with E-state index in [2.05, 4.69) is 15.3 Å². The number of amides is 2. The maximum atomic E-state index is 12.9. The zero-order valence-corrected chi connectivity index (χ0v) is 18.0. The number of piperidine rings is 1. The number of thioether (sulfide) groups is 1. The van der Waals surface area contributed by atoms with E-state index in [1.165, 1.54) is 11.8 Å². The van der Waals surface area contributed by atoms with Gasteiger partial charge in [0.1, 0.15) is 16.4 Å². The van der Waals surface area contributed by atoms with Gasteiger partial charge in [0.15, 0.2) is 0 Å². The molecule has 0 aromatic carbocycles. The Morgan fingerprint density at radius 3 is 2.77 bits per heavy atom. The van der Waals surface area contributed by atoms with Crippen molar-refractivity contribution in [2.75, 3.05) is 25.9 Å². The van der Waals surface area contributed by atoms with Crippen LogP contribution in [0.3, 0.4) is 0 Å². The highest BCUT2D eigenvalue weighted by molar-refractivity contribution is 7.98. The van der Waals surface area contributed by atoms with E-state index in [0.29, 0.717) is 36.8 Å². The van der Waals surface area contributed by atoms with Crippen molar-refractivity contribution in [3.8, 4) is 0 Å². The number of carbonyl (C=O) groups is 2. The Morgan fingerprint density at radius 2 is 2.00 bits per heavy atom.